The number of aliphatic hydroxyl groups excluding tert-OH is 2. The fourth-order valence-electron chi connectivity index (χ4n) is 0. The molecule has 0 aliphatic rings. The molecule has 0 saturated heterocycles. The first kappa shape index (κ1) is 11.1. The molecule has 0 aromatic rings. The number of rotatable bonds is 1. The van der Waals surface area contributed by atoms with E-state index in [0.29, 0.717) is 5.75 Å². The van der Waals surface area contributed by atoms with Gasteiger partial charge in [0.1, 0.15) is 0 Å². The number of aliphatic hydroxyl groups is 2. The van der Waals surface area contributed by atoms with E-state index in [9.17, 15) is 0 Å². The average molecular weight is 138 g/mol. The van der Waals surface area contributed by atoms with Crippen LogP contribution in [0.4, 0.5) is 0 Å². The highest BCUT2D eigenvalue weighted by molar-refractivity contribution is 7.80. The van der Waals surface area contributed by atoms with Crippen molar-refractivity contribution in [1.29, 1.82) is 0 Å². The molecule has 52 valence electrons. The van der Waals surface area contributed by atoms with Gasteiger partial charge in [-0.3, -0.25) is 0 Å². The van der Waals surface area contributed by atoms with Crippen LogP contribution in [0.5, 0.6) is 0 Å². The van der Waals surface area contributed by atoms with E-state index in [4.69, 9.17) is 10.2 Å². The van der Waals surface area contributed by atoms with Crippen LogP contribution in [0.3, 0.4) is 0 Å². The predicted molar refractivity (Wildman–Crippen MR) is 38.3 cm³/mol. The minimum absolute atomic E-state index is 0.167. The van der Waals surface area contributed by atoms with Gasteiger partial charge in [0.2, 0.25) is 0 Å². The fourth-order valence-corrected chi connectivity index (χ4v) is 0. The number of hydrogen-bond acceptors (Lipinski definition) is 3. The highest BCUT2D eigenvalue weighted by atomic mass is 32.1. The Morgan fingerprint density at radius 3 is 1.62 bits per heavy atom. The van der Waals surface area contributed by atoms with Gasteiger partial charge in [-0.15, -0.1) is 0 Å². The molecule has 0 amide bonds. The number of hydrogen-bond donors (Lipinski definition) is 3. The van der Waals surface area contributed by atoms with Crippen molar-refractivity contribution >= 4 is 12.6 Å². The SMILES string of the molecule is CC(C)O.OCCS. The standard InChI is InChI=1S/C3H8O.C2H6OS/c1-3(2)4;3-1-2-4/h3-4H,1-2H3;3-4H,1-2H2. The van der Waals surface area contributed by atoms with E-state index in [0.717, 1.165) is 0 Å². The van der Waals surface area contributed by atoms with E-state index in [1.807, 2.05) is 0 Å². The van der Waals surface area contributed by atoms with E-state index in [1.54, 1.807) is 13.8 Å². The first-order chi connectivity index (χ1) is 3.65. The van der Waals surface area contributed by atoms with E-state index in [1.165, 1.54) is 0 Å². The Bertz CT molecular complexity index is 26.9. The third kappa shape index (κ3) is 108. The maximum absolute atomic E-state index is 8.06. The fraction of sp³-hybridized carbons (Fsp3) is 1.00. The summed E-state index contributed by atoms with van der Waals surface area (Å²) in [5, 5.41) is 15.9. The predicted octanol–water partition coefficient (Wildman–Crippen LogP) is 0.296. The normalized spacial score (nSPS) is 8.25. The van der Waals surface area contributed by atoms with Gasteiger partial charge in [0.05, 0.1) is 6.61 Å². The van der Waals surface area contributed by atoms with E-state index in [-0.39, 0.29) is 12.7 Å². The van der Waals surface area contributed by atoms with Crippen LogP contribution in [0, 0.1) is 0 Å². The quantitative estimate of drug-likeness (QED) is 0.456. The van der Waals surface area contributed by atoms with Gasteiger partial charge in [0.25, 0.3) is 0 Å². The second-order valence-electron chi connectivity index (χ2n) is 1.54. The molecule has 0 radical (unpaired) electrons. The Morgan fingerprint density at radius 2 is 1.62 bits per heavy atom. The molecule has 2 N–H and O–H groups in total. The lowest BCUT2D eigenvalue weighted by atomic mass is 10.5. The van der Waals surface area contributed by atoms with E-state index < -0.39 is 0 Å². The molecule has 0 aromatic heterocycles. The monoisotopic (exact) mass is 138 g/mol. The van der Waals surface area contributed by atoms with Crippen molar-refractivity contribution < 1.29 is 10.2 Å². The maximum Gasteiger partial charge on any atom is 0.0519 e. The molecule has 2 nitrogen and oxygen atoms in total. The zero-order valence-corrected chi connectivity index (χ0v) is 6.23. The van der Waals surface area contributed by atoms with E-state index in [2.05, 4.69) is 12.6 Å². The van der Waals surface area contributed by atoms with Crippen LogP contribution in [-0.4, -0.2) is 28.7 Å². The number of thiol groups is 1. The lowest BCUT2D eigenvalue weighted by molar-refractivity contribution is 0.216. The van der Waals surface area contributed by atoms with Crippen molar-refractivity contribution in [1.82, 2.24) is 0 Å². The molecule has 0 spiro atoms. The summed E-state index contributed by atoms with van der Waals surface area (Å²) in [5.41, 5.74) is 0. The summed E-state index contributed by atoms with van der Waals surface area (Å²) in [7, 11) is 0. The highest BCUT2D eigenvalue weighted by Gasteiger charge is 1.69. The summed E-state index contributed by atoms with van der Waals surface area (Å²) in [6.45, 7) is 3.63. The van der Waals surface area contributed by atoms with Gasteiger partial charge in [-0.05, 0) is 13.8 Å². The molecule has 0 saturated carbocycles. The molecule has 8 heavy (non-hydrogen) atoms. The Kier molecular flexibility index (Phi) is 14.3. The molecule has 0 heterocycles. The third-order valence-corrected chi connectivity index (χ3v) is 0.300. The molecule has 0 bridgehead atoms. The summed E-state index contributed by atoms with van der Waals surface area (Å²) in [5.74, 6) is 0.569. The van der Waals surface area contributed by atoms with Crippen LogP contribution < -0.4 is 0 Å². The average Bonchev–Trinajstić information content (AvgIpc) is 1.65. The topological polar surface area (TPSA) is 40.5 Å². The summed E-state index contributed by atoms with van der Waals surface area (Å²) >= 11 is 3.67. The Hall–Kier alpha value is 0.270. The van der Waals surface area contributed by atoms with Gasteiger partial charge in [-0.2, -0.15) is 12.6 Å². The Morgan fingerprint density at radius 1 is 1.50 bits per heavy atom. The van der Waals surface area contributed by atoms with Gasteiger partial charge in [0.15, 0.2) is 0 Å². The van der Waals surface area contributed by atoms with Crippen LogP contribution in [0.1, 0.15) is 13.8 Å². The zero-order chi connectivity index (χ0) is 6.99. The van der Waals surface area contributed by atoms with Crippen LogP contribution in [0.2, 0.25) is 0 Å². The minimum Gasteiger partial charge on any atom is -0.396 e. The van der Waals surface area contributed by atoms with Crippen LogP contribution in [0.25, 0.3) is 0 Å². The third-order valence-electron chi connectivity index (χ3n) is 0.1000. The van der Waals surface area contributed by atoms with Crippen molar-refractivity contribution in [3.05, 3.63) is 0 Å². The molecular weight excluding hydrogens is 124 g/mol. The second kappa shape index (κ2) is 10.3. The lowest BCUT2D eigenvalue weighted by Crippen LogP contribution is -1.85. The summed E-state index contributed by atoms with van der Waals surface area (Å²) < 4.78 is 0. The lowest BCUT2D eigenvalue weighted by Gasteiger charge is -1.80. The largest absolute Gasteiger partial charge is 0.396 e. The zero-order valence-electron chi connectivity index (χ0n) is 5.33. The molecular formula is C5H14O2S. The molecule has 0 aliphatic carbocycles. The molecule has 0 fully saturated rings. The second-order valence-corrected chi connectivity index (χ2v) is 1.99. The molecule has 3 heteroatoms. The van der Waals surface area contributed by atoms with Crippen molar-refractivity contribution in [2.45, 2.75) is 20.0 Å². The summed E-state index contributed by atoms with van der Waals surface area (Å²) in [4.78, 5) is 0. The van der Waals surface area contributed by atoms with Crippen molar-refractivity contribution in [2.75, 3.05) is 12.4 Å². The van der Waals surface area contributed by atoms with Crippen molar-refractivity contribution in [3.63, 3.8) is 0 Å². The van der Waals surface area contributed by atoms with Crippen LogP contribution in [0.15, 0.2) is 0 Å². The molecule has 0 aliphatic heterocycles. The van der Waals surface area contributed by atoms with Gasteiger partial charge in [-0.25, -0.2) is 0 Å². The van der Waals surface area contributed by atoms with Crippen molar-refractivity contribution in [3.8, 4) is 0 Å². The van der Waals surface area contributed by atoms with Crippen LogP contribution >= 0.6 is 12.6 Å². The van der Waals surface area contributed by atoms with Crippen LogP contribution in [-0.2, 0) is 0 Å². The maximum atomic E-state index is 8.06. The van der Waals surface area contributed by atoms with Crippen molar-refractivity contribution in [2.24, 2.45) is 0 Å². The van der Waals surface area contributed by atoms with Gasteiger partial charge < -0.3 is 10.2 Å². The molecule has 0 atom stereocenters. The summed E-state index contributed by atoms with van der Waals surface area (Å²) in [6.07, 6.45) is -0.167. The molecule has 0 rings (SSSR count). The highest BCUT2D eigenvalue weighted by Crippen LogP contribution is 1.65. The Labute approximate surface area is 55.9 Å². The minimum atomic E-state index is -0.167. The van der Waals surface area contributed by atoms with E-state index >= 15 is 0 Å². The molecule has 0 unspecified atom stereocenters. The summed E-state index contributed by atoms with van der Waals surface area (Å²) in [6, 6.07) is 0. The Balaban J connectivity index is 0. The molecule has 0 aromatic carbocycles. The first-order valence-corrected chi connectivity index (χ1v) is 3.18. The smallest absolute Gasteiger partial charge is 0.0519 e. The van der Waals surface area contributed by atoms with Gasteiger partial charge >= 0.3 is 0 Å². The van der Waals surface area contributed by atoms with Gasteiger partial charge in [-0.1, -0.05) is 0 Å². The van der Waals surface area contributed by atoms with Gasteiger partial charge in [0, 0.05) is 11.9 Å². The first-order valence-electron chi connectivity index (χ1n) is 2.55.